The molecule has 0 radical (unpaired) electrons. The zero-order chi connectivity index (χ0) is 18.6. The van der Waals surface area contributed by atoms with E-state index < -0.39 is 6.09 Å². The summed E-state index contributed by atoms with van der Waals surface area (Å²) in [6.45, 7) is 5.51. The highest BCUT2D eigenvalue weighted by Gasteiger charge is 2.20. The number of hydrogen-bond acceptors (Lipinski definition) is 5. The first-order valence-corrected chi connectivity index (χ1v) is 10.6. The van der Waals surface area contributed by atoms with Gasteiger partial charge in [0.25, 0.3) is 0 Å². The number of hydrogen-bond donors (Lipinski definition) is 1. The van der Waals surface area contributed by atoms with E-state index in [-0.39, 0.29) is 6.10 Å². The molecule has 4 rings (SSSR count). The van der Waals surface area contributed by atoms with Gasteiger partial charge in [-0.05, 0) is 42.8 Å². The van der Waals surface area contributed by atoms with E-state index >= 15 is 0 Å². The Morgan fingerprint density at radius 2 is 2.07 bits per heavy atom. The smallest absolute Gasteiger partial charge is 0.404 e. The molecular formula is C21H27N3O2S. The van der Waals surface area contributed by atoms with Crippen LogP contribution in [0.15, 0.2) is 41.3 Å². The summed E-state index contributed by atoms with van der Waals surface area (Å²) in [6, 6.07) is 8.87. The number of nitrogens with two attached hydrogens (primary N) is 1. The molecule has 27 heavy (non-hydrogen) atoms. The Labute approximate surface area is 164 Å². The predicted molar refractivity (Wildman–Crippen MR) is 111 cm³/mol. The van der Waals surface area contributed by atoms with Crippen molar-refractivity contribution < 1.29 is 9.53 Å². The van der Waals surface area contributed by atoms with Crippen molar-refractivity contribution in [3.63, 3.8) is 0 Å². The van der Waals surface area contributed by atoms with Crippen molar-refractivity contribution in [2.45, 2.75) is 31.8 Å². The van der Waals surface area contributed by atoms with E-state index in [0.717, 1.165) is 58.4 Å². The Balaban J connectivity index is 1.25. The molecule has 2 N–H and O–H groups in total. The lowest BCUT2D eigenvalue weighted by atomic mass is 9.95. The fourth-order valence-electron chi connectivity index (χ4n) is 4.13. The summed E-state index contributed by atoms with van der Waals surface area (Å²) in [5, 5.41) is 3.57. The highest BCUT2D eigenvalue weighted by Crippen LogP contribution is 2.31. The summed E-state index contributed by atoms with van der Waals surface area (Å²) in [6.07, 6.45) is 5.37. The van der Waals surface area contributed by atoms with E-state index in [4.69, 9.17) is 10.5 Å². The number of primary amides is 1. The Bertz CT molecular complexity index is 824. The largest absolute Gasteiger partial charge is 0.446 e. The first-order chi connectivity index (χ1) is 13.2. The minimum absolute atomic E-state index is 0.0328. The van der Waals surface area contributed by atoms with E-state index in [0.29, 0.717) is 0 Å². The van der Waals surface area contributed by atoms with Gasteiger partial charge >= 0.3 is 6.09 Å². The molecule has 1 aliphatic heterocycles. The maximum Gasteiger partial charge on any atom is 0.404 e. The van der Waals surface area contributed by atoms with Crippen LogP contribution in [0, 0.1) is 0 Å². The number of thiophene rings is 1. The van der Waals surface area contributed by atoms with E-state index in [9.17, 15) is 4.79 Å². The second kappa shape index (κ2) is 8.31. The van der Waals surface area contributed by atoms with Gasteiger partial charge in [0, 0.05) is 54.9 Å². The normalized spacial score (nSPS) is 21.3. The minimum Gasteiger partial charge on any atom is -0.446 e. The molecule has 0 saturated carbocycles. The maximum atomic E-state index is 10.8. The molecule has 1 aliphatic carbocycles. The molecule has 0 spiro atoms. The van der Waals surface area contributed by atoms with Gasteiger partial charge in [-0.3, -0.25) is 4.90 Å². The predicted octanol–water partition coefficient (Wildman–Crippen LogP) is 3.99. The second-order valence-electron chi connectivity index (χ2n) is 7.38. The Morgan fingerprint density at radius 1 is 1.22 bits per heavy atom. The van der Waals surface area contributed by atoms with Crippen LogP contribution in [0.2, 0.25) is 0 Å². The average molecular weight is 386 g/mol. The standard InChI is InChI=1S/C21H27N3O2S/c22-21(25)26-17-6-4-16(5-7-17)8-10-23-11-13-24(14-12-23)19-2-1-3-20-18(19)9-15-27-20/h1-4,9,15,17H,5-8,10-14H2,(H2,22,25). The summed E-state index contributed by atoms with van der Waals surface area (Å²) in [7, 11) is 0. The van der Waals surface area contributed by atoms with Gasteiger partial charge in [0.15, 0.2) is 0 Å². The Kier molecular flexibility index (Phi) is 5.64. The van der Waals surface area contributed by atoms with E-state index in [1.165, 1.54) is 21.3 Å². The van der Waals surface area contributed by atoms with Crippen LogP contribution in [-0.4, -0.2) is 49.8 Å². The van der Waals surface area contributed by atoms with Gasteiger partial charge in [-0.1, -0.05) is 17.7 Å². The van der Waals surface area contributed by atoms with Crippen molar-refractivity contribution in [1.29, 1.82) is 0 Å². The highest BCUT2D eigenvalue weighted by molar-refractivity contribution is 7.17. The van der Waals surface area contributed by atoms with Crippen LogP contribution < -0.4 is 10.6 Å². The molecule has 1 amide bonds. The fraction of sp³-hybridized carbons (Fsp3) is 0.476. The van der Waals surface area contributed by atoms with Gasteiger partial charge in [-0.25, -0.2) is 4.79 Å². The molecule has 1 saturated heterocycles. The van der Waals surface area contributed by atoms with Crippen LogP contribution >= 0.6 is 11.3 Å². The average Bonchev–Trinajstić information content (AvgIpc) is 3.16. The molecule has 1 aromatic carbocycles. The first-order valence-electron chi connectivity index (χ1n) is 9.76. The second-order valence-corrected chi connectivity index (χ2v) is 8.33. The summed E-state index contributed by atoms with van der Waals surface area (Å²) in [4.78, 5) is 15.9. The summed E-state index contributed by atoms with van der Waals surface area (Å²) in [5.74, 6) is 0. The Morgan fingerprint density at radius 3 is 2.81 bits per heavy atom. The van der Waals surface area contributed by atoms with Gasteiger partial charge in [-0.2, -0.15) is 0 Å². The molecule has 2 heterocycles. The molecule has 144 valence electrons. The maximum absolute atomic E-state index is 10.8. The zero-order valence-corrected chi connectivity index (χ0v) is 16.4. The first kappa shape index (κ1) is 18.3. The fourth-order valence-corrected chi connectivity index (χ4v) is 4.94. The number of fused-ring (bicyclic) bond motifs is 1. The van der Waals surface area contributed by atoms with Gasteiger partial charge in [0.2, 0.25) is 0 Å². The number of rotatable bonds is 5. The number of ether oxygens (including phenoxy) is 1. The third-order valence-corrected chi connectivity index (χ3v) is 6.56. The monoisotopic (exact) mass is 385 g/mol. The zero-order valence-electron chi connectivity index (χ0n) is 15.6. The molecule has 1 aromatic heterocycles. The third kappa shape index (κ3) is 4.45. The van der Waals surface area contributed by atoms with E-state index in [1.54, 1.807) is 0 Å². The SMILES string of the molecule is NC(=O)OC1CC=C(CCN2CCN(c3cccc4sccc34)CC2)CC1. The molecule has 1 fully saturated rings. The number of nitrogens with zero attached hydrogens (tertiary/aromatic N) is 2. The van der Waals surface area contributed by atoms with Crippen molar-refractivity contribution in [3.05, 3.63) is 41.3 Å². The highest BCUT2D eigenvalue weighted by atomic mass is 32.1. The molecular weight excluding hydrogens is 358 g/mol. The van der Waals surface area contributed by atoms with Gasteiger partial charge < -0.3 is 15.4 Å². The van der Waals surface area contributed by atoms with Crippen molar-refractivity contribution >= 4 is 33.2 Å². The van der Waals surface area contributed by atoms with Crippen molar-refractivity contribution in [1.82, 2.24) is 4.90 Å². The van der Waals surface area contributed by atoms with Gasteiger partial charge in [0.05, 0.1) is 0 Å². The van der Waals surface area contributed by atoms with Crippen molar-refractivity contribution in [3.8, 4) is 0 Å². The van der Waals surface area contributed by atoms with Crippen LogP contribution in [0.3, 0.4) is 0 Å². The summed E-state index contributed by atoms with van der Waals surface area (Å²) >= 11 is 1.82. The van der Waals surface area contributed by atoms with Gasteiger partial charge in [0.1, 0.15) is 6.10 Å². The van der Waals surface area contributed by atoms with Gasteiger partial charge in [-0.15, -0.1) is 11.3 Å². The van der Waals surface area contributed by atoms with Crippen molar-refractivity contribution in [2.24, 2.45) is 5.73 Å². The summed E-state index contributed by atoms with van der Waals surface area (Å²) in [5.41, 5.74) is 7.97. The minimum atomic E-state index is -0.659. The lowest BCUT2D eigenvalue weighted by Gasteiger charge is -2.36. The van der Waals surface area contributed by atoms with Crippen LogP contribution in [0.5, 0.6) is 0 Å². The lowest BCUT2D eigenvalue weighted by Crippen LogP contribution is -2.46. The number of piperazine rings is 1. The molecule has 6 heteroatoms. The topological polar surface area (TPSA) is 58.8 Å². The lowest BCUT2D eigenvalue weighted by molar-refractivity contribution is 0.0995. The molecule has 5 nitrogen and oxygen atoms in total. The van der Waals surface area contributed by atoms with Crippen LogP contribution in [0.4, 0.5) is 10.5 Å². The van der Waals surface area contributed by atoms with Crippen molar-refractivity contribution in [2.75, 3.05) is 37.6 Å². The molecule has 2 aliphatic rings. The number of carbonyl (C=O) groups is 1. The van der Waals surface area contributed by atoms with Crippen LogP contribution in [0.25, 0.3) is 10.1 Å². The number of amides is 1. The third-order valence-electron chi connectivity index (χ3n) is 5.67. The quantitative estimate of drug-likeness (QED) is 0.791. The van der Waals surface area contributed by atoms with Crippen LogP contribution in [-0.2, 0) is 4.74 Å². The molecule has 0 bridgehead atoms. The Hall–Kier alpha value is -2.05. The van der Waals surface area contributed by atoms with Crippen LogP contribution in [0.1, 0.15) is 25.7 Å². The summed E-state index contributed by atoms with van der Waals surface area (Å²) < 4.78 is 6.46. The molecule has 1 unspecified atom stereocenters. The number of benzene rings is 1. The molecule has 1 atom stereocenters. The van der Waals surface area contributed by atoms with E-state index in [2.05, 4.69) is 45.5 Å². The van der Waals surface area contributed by atoms with E-state index in [1.807, 2.05) is 11.3 Å². The number of carbonyl (C=O) groups excluding carboxylic acids is 1. The number of anilines is 1. The molecule has 2 aromatic rings.